The number of esters is 2. The molecule has 0 aliphatic heterocycles. The lowest BCUT2D eigenvalue weighted by molar-refractivity contribution is 0.0616. The molecule has 0 N–H and O–H groups in total. The highest BCUT2D eigenvalue weighted by Crippen LogP contribution is 2.16. The Bertz CT molecular complexity index is 1970. The van der Waals surface area contributed by atoms with Crippen LogP contribution in [0.15, 0.2) is 97.1 Å². The minimum absolute atomic E-state index is 0.196. The van der Waals surface area contributed by atoms with Crippen molar-refractivity contribution in [3.63, 3.8) is 0 Å². The zero-order chi connectivity index (χ0) is 29.1. The van der Waals surface area contributed by atoms with Gasteiger partial charge in [-0.1, -0.05) is 64.7 Å². The lowest BCUT2D eigenvalue weighted by Gasteiger charge is -2.07. The van der Waals surface area contributed by atoms with Crippen LogP contribution < -0.4 is 0 Å². The van der Waals surface area contributed by atoms with Crippen LogP contribution >= 0.6 is 0 Å². The number of ether oxygens (including phenoxy) is 2. The number of hydrogen-bond donors (Lipinski definition) is 0. The molecule has 0 unspecified atom stereocenters. The number of benzene rings is 4. The van der Waals surface area contributed by atoms with Crippen molar-refractivity contribution in [1.29, 1.82) is 0 Å². The molecule has 0 bridgehead atoms. The molecule has 6 aromatic rings. The Morgan fingerprint density at radius 1 is 0.548 bits per heavy atom. The molecule has 6 rings (SSSR count). The standard InChI is InChI=1S/C30H16N6O6/c37-27(41-29(39)35-25-12-6-4-10-23(25)31-33-35)21-16-20(15-14-19-8-2-1-3-9-19)17-22(18-21)28(38)42-30(40)36-26-13-7-5-11-24(26)32-34-36/h1-13,16-18H. The minimum atomic E-state index is -1.10. The Balaban J connectivity index is 1.30. The normalized spacial score (nSPS) is 10.6. The molecule has 0 fully saturated rings. The van der Waals surface area contributed by atoms with E-state index in [0.29, 0.717) is 27.6 Å². The Hall–Kier alpha value is -6.48. The third-order valence-electron chi connectivity index (χ3n) is 5.94. The van der Waals surface area contributed by atoms with Gasteiger partial charge >= 0.3 is 24.1 Å². The topological polar surface area (TPSA) is 148 Å². The summed E-state index contributed by atoms with van der Waals surface area (Å²) >= 11 is 0. The van der Waals surface area contributed by atoms with Crippen molar-refractivity contribution < 1.29 is 28.7 Å². The number of carbonyl (C=O) groups excluding carboxylic acids is 4. The quantitative estimate of drug-likeness (QED) is 0.172. The van der Waals surface area contributed by atoms with Crippen molar-refractivity contribution in [2.24, 2.45) is 0 Å². The van der Waals surface area contributed by atoms with Gasteiger partial charge in [0.1, 0.15) is 22.1 Å². The first-order chi connectivity index (χ1) is 20.5. The van der Waals surface area contributed by atoms with Crippen molar-refractivity contribution in [2.75, 3.05) is 0 Å². The van der Waals surface area contributed by atoms with Crippen LogP contribution in [-0.2, 0) is 9.47 Å². The lowest BCUT2D eigenvalue weighted by atomic mass is 10.1. The van der Waals surface area contributed by atoms with Gasteiger partial charge in [-0.2, -0.15) is 0 Å². The number of hydrogen-bond acceptors (Lipinski definition) is 10. The average molecular weight is 556 g/mol. The Morgan fingerprint density at radius 3 is 1.52 bits per heavy atom. The van der Waals surface area contributed by atoms with Gasteiger partial charge in [0.25, 0.3) is 0 Å². The molecule has 0 saturated carbocycles. The second-order valence-electron chi connectivity index (χ2n) is 8.71. The summed E-state index contributed by atoms with van der Waals surface area (Å²) in [6.07, 6.45) is -2.21. The summed E-state index contributed by atoms with van der Waals surface area (Å²) in [6, 6.07) is 26.1. The fraction of sp³-hybridized carbons (Fsp3) is 0. The first-order valence-electron chi connectivity index (χ1n) is 12.3. The van der Waals surface area contributed by atoms with Gasteiger partial charge in [0.05, 0.1) is 11.1 Å². The van der Waals surface area contributed by atoms with E-state index in [1.165, 1.54) is 12.1 Å². The highest BCUT2D eigenvalue weighted by molar-refractivity contribution is 6.03. The number of carbonyl (C=O) groups is 4. The van der Waals surface area contributed by atoms with Crippen LogP contribution in [0.1, 0.15) is 31.8 Å². The molecule has 42 heavy (non-hydrogen) atoms. The van der Waals surface area contributed by atoms with Crippen molar-refractivity contribution in [3.8, 4) is 11.8 Å². The van der Waals surface area contributed by atoms with E-state index in [-0.39, 0.29) is 16.7 Å². The number of para-hydroxylation sites is 2. The van der Waals surface area contributed by atoms with E-state index in [2.05, 4.69) is 32.5 Å². The van der Waals surface area contributed by atoms with Gasteiger partial charge in [0, 0.05) is 11.1 Å². The van der Waals surface area contributed by atoms with Crippen molar-refractivity contribution in [1.82, 2.24) is 30.0 Å². The smallest absolute Gasteiger partial charge is 0.371 e. The highest BCUT2D eigenvalue weighted by Gasteiger charge is 2.23. The third kappa shape index (κ3) is 5.21. The predicted octanol–water partition coefficient (Wildman–Crippen LogP) is 4.23. The average Bonchev–Trinajstić information content (AvgIpc) is 3.65. The van der Waals surface area contributed by atoms with Crippen LogP contribution in [0.5, 0.6) is 0 Å². The van der Waals surface area contributed by atoms with Gasteiger partial charge in [-0.05, 0) is 54.6 Å². The molecule has 0 atom stereocenters. The van der Waals surface area contributed by atoms with Gasteiger partial charge in [0.2, 0.25) is 0 Å². The summed E-state index contributed by atoms with van der Waals surface area (Å²) in [4.78, 5) is 51.6. The molecule has 0 aliphatic carbocycles. The van der Waals surface area contributed by atoms with Gasteiger partial charge in [-0.15, -0.1) is 19.6 Å². The maximum Gasteiger partial charge on any atom is 0.444 e. The van der Waals surface area contributed by atoms with E-state index in [9.17, 15) is 19.2 Å². The summed E-state index contributed by atoms with van der Waals surface area (Å²) in [5.41, 5.74) is 2.03. The molecule has 2 heterocycles. The van der Waals surface area contributed by atoms with E-state index in [1.807, 2.05) is 6.07 Å². The largest absolute Gasteiger partial charge is 0.444 e. The summed E-state index contributed by atoms with van der Waals surface area (Å²) in [5, 5.41) is 15.2. The summed E-state index contributed by atoms with van der Waals surface area (Å²) < 4.78 is 11.7. The number of aromatic nitrogens is 6. The molecule has 202 valence electrons. The fourth-order valence-electron chi connectivity index (χ4n) is 3.97. The highest BCUT2D eigenvalue weighted by atomic mass is 16.6. The molecule has 12 heteroatoms. The first kappa shape index (κ1) is 25.8. The zero-order valence-electron chi connectivity index (χ0n) is 21.4. The van der Waals surface area contributed by atoms with E-state index in [0.717, 1.165) is 15.4 Å². The molecule has 0 spiro atoms. The maximum atomic E-state index is 13.0. The monoisotopic (exact) mass is 556 g/mol. The van der Waals surface area contributed by atoms with E-state index < -0.39 is 24.1 Å². The fourth-order valence-corrected chi connectivity index (χ4v) is 3.97. The summed E-state index contributed by atoms with van der Waals surface area (Å²) in [7, 11) is 0. The second-order valence-corrected chi connectivity index (χ2v) is 8.71. The Morgan fingerprint density at radius 2 is 1.00 bits per heavy atom. The van der Waals surface area contributed by atoms with Crippen molar-refractivity contribution in [2.45, 2.75) is 0 Å². The molecule has 0 saturated heterocycles. The van der Waals surface area contributed by atoms with Crippen LogP contribution in [0, 0.1) is 11.8 Å². The third-order valence-corrected chi connectivity index (χ3v) is 5.94. The summed E-state index contributed by atoms with van der Waals surface area (Å²) in [6.45, 7) is 0. The molecule has 0 aliphatic rings. The number of rotatable bonds is 2. The predicted molar refractivity (Wildman–Crippen MR) is 146 cm³/mol. The maximum absolute atomic E-state index is 13.0. The van der Waals surface area contributed by atoms with Crippen LogP contribution in [0.4, 0.5) is 9.59 Å². The molecule has 0 radical (unpaired) electrons. The van der Waals surface area contributed by atoms with E-state index in [4.69, 9.17) is 9.47 Å². The van der Waals surface area contributed by atoms with Crippen molar-refractivity contribution >= 4 is 46.2 Å². The van der Waals surface area contributed by atoms with Gasteiger partial charge in [0.15, 0.2) is 0 Å². The second kappa shape index (κ2) is 10.9. The van der Waals surface area contributed by atoms with Crippen LogP contribution in [0.25, 0.3) is 22.1 Å². The zero-order valence-corrected chi connectivity index (χ0v) is 21.4. The summed E-state index contributed by atoms with van der Waals surface area (Å²) in [5.74, 6) is 3.61. The molecular weight excluding hydrogens is 540 g/mol. The minimum Gasteiger partial charge on any atom is -0.371 e. The van der Waals surface area contributed by atoms with Crippen LogP contribution in [-0.4, -0.2) is 54.1 Å². The van der Waals surface area contributed by atoms with Gasteiger partial charge < -0.3 is 9.47 Å². The van der Waals surface area contributed by atoms with Gasteiger partial charge in [-0.3, -0.25) is 0 Å². The first-order valence-corrected chi connectivity index (χ1v) is 12.3. The van der Waals surface area contributed by atoms with Gasteiger partial charge in [-0.25, -0.2) is 19.2 Å². The number of nitrogens with zero attached hydrogens (tertiary/aromatic N) is 6. The SMILES string of the molecule is O=C(OC(=O)n1nnc2ccccc21)c1cc(C#Cc2ccccc2)cc(C(=O)OC(=O)n2nnc3ccccc32)c1. The molecular formula is C30H16N6O6. The van der Waals surface area contributed by atoms with Crippen molar-refractivity contribution in [3.05, 3.63) is 119 Å². The van der Waals surface area contributed by atoms with Crippen LogP contribution in [0.2, 0.25) is 0 Å². The Labute approximate surface area is 236 Å². The molecule has 0 amide bonds. The van der Waals surface area contributed by atoms with E-state index >= 15 is 0 Å². The lowest BCUT2D eigenvalue weighted by Crippen LogP contribution is -2.21. The van der Waals surface area contributed by atoms with E-state index in [1.54, 1.807) is 72.8 Å². The number of fused-ring (bicyclic) bond motifs is 2. The molecule has 2 aromatic heterocycles. The van der Waals surface area contributed by atoms with Crippen LogP contribution in [0.3, 0.4) is 0 Å². The molecule has 4 aromatic carbocycles. The molecule has 12 nitrogen and oxygen atoms in total. The Kier molecular flexibility index (Phi) is 6.72.